The highest BCUT2D eigenvalue weighted by Crippen LogP contribution is 2.16. The first-order valence-electron chi connectivity index (χ1n) is 7.86. The van der Waals surface area contributed by atoms with Crippen molar-refractivity contribution in [2.24, 2.45) is 0 Å². The van der Waals surface area contributed by atoms with E-state index in [0.29, 0.717) is 10.7 Å². The van der Waals surface area contributed by atoms with Gasteiger partial charge >= 0.3 is 0 Å². The molecule has 5 nitrogen and oxygen atoms in total. The number of carbonyl (C=O) groups is 1. The number of halogens is 1. The number of anilines is 1. The molecule has 26 heavy (non-hydrogen) atoms. The fourth-order valence-corrected chi connectivity index (χ4v) is 3.16. The average molecular weight is 386 g/mol. The minimum Gasteiger partial charge on any atom is -0.325 e. The highest BCUT2D eigenvalue weighted by Gasteiger charge is 2.10. The van der Waals surface area contributed by atoms with E-state index >= 15 is 0 Å². The van der Waals surface area contributed by atoms with Crippen LogP contribution in [0.2, 0.25) is 5.02 Å². The third kappa shape index (κ3) is 4.53. The molecule has 0 atom stereocenters. The first kappa shape index (κ1) is 18.2. The van der Waals surface area contributed by atoms with E-state index in [4.69, 9.17) is 11.6 Å². The summed E-state index contributed by atoms with van der Waals surface area (Å²) >= 11 is 6.93. The molecule has 1 N–H and O–H groups in total. The Labute approximate surface area is 160 Å². The van der Waals surface area contributed by atoms with Gasteiger partial charge in [0.05, 0.1) is 5.75 Å². The van der Waals surface area contributed by atoms with Crippen molar-refractivity contribution in [1.82, 2.24) is 9.55 Å². The number of aromatic nitrogens is 2. The summed E-state index contributed by atoms with van der Waals surface area (Å²) in [5.74, 6) is -0.132. The molecule has 0 saturated heterocycles. The average Bonchev–Trinajstić information content (AvgIpc) is 2.63. The van der Waals surface area contributed by atoms with Crippen molar-refractivity contribution in [3.05, 3.63) is 81.9 Å². The standard InChI is InChI=1S/C19H16ClN3O2S/c1-13-3-2-4-16(11-13)23-10-9-21-18(19(23)25)26-12-17(24)22-15-7-5-14(20)6-8-15/h2-11H,12H2,1H3,(H,22,24). The van der Waals surface area contributed by atoms with Crippen LogP contribution in [0.3, 0.4) is 0 Å². The summed E-state index contributed by atoms with van der Waals surface area (Å²) < 4.78 is 1.53. The lowest BCUT2D eigenvalue weighted by Gasteiger charge is -2.08. The number of aryl methyl sites for hydroxylation is 1. The van der Waals surface area contributed by atoms with Gasteiger partial charge in [-0.2, -0.15) is 0 Å². The van der Waals surface area contributed by atoms with Crippen molar-refractivity contribution in [2.45, 2.75) is 11.9 Å². The van der Waals surface area contributed by atoms with Crippen molar-refractivity contribution < 1.29 is 4.79 Å². The van der Waals surface area contributed by atoms with Crippen LogP contribution < -0.4 is 10.9 Å². The zero-order chi connectivity index (χ0) is 18.5. The maximum atomic E-state index is 12.6. The molecule has 0 aliphatic heterocycles. The molecule has 0 spiro atoms. The highest BCUT2D eigenvalue weighted by molar-refractivity contribution is 7.99. The summed E-state index contributed by atoms with van der Waals surface area (Å²) in [5.41, 5.74) is 2.23. The zero-order valence-corrected chi connectivity index (χ0v) is 15.6. The van der Waals surface area contributed by atoms with E-state index in [0.717, 1.165) is 23.0 Å². The van der Waals surface area contributed by atoms with Crippen LogP contribution in [0.15, 0.2) is 70.7 Å². The monoisotopic (exact) mass is 385 g/mol. The minimum atomic E-state index is -0.248. The van der Waals surface area contributed by atoms with Crippen LogP contribution in [0, 0.1) is 6.92 Å². The first-order valence-corrected chi connectivity index (χ1v) is 9.22. The summed E-state index contributed by atoms with van der Waals surface area (Å²) in [4.78, 5) is 28.8. The Morgan fingerprint density at radius 1 is 1.23 bits per heavy atom. The molecule has 0 unspecified atom stereocenters. The first-order chi connectivity index (χ1) is 12.5. The maximum Gasteiger partial charge on any atom is 0.287 e. The summed E-state index contributed by atoms with van der Waals surface area (Å²) in [6, 6.07) is 14.5. The lowest BCUT2D eigenvalue weighted by atomic mass is 10.2. The number of nitrogens with zero attached hydrogens (tertiary/aromatic N) is 2. The van der Waals surface area contributed by atoms with Gasteiger partial charge in [0.15, 0.2) is 5.03 Å². The molecule has 7 heteroatoms. The van der Waals surface area contributed by atoms with Gasteiger partial charge in [-0.15, -0.1) is 0 Å². The van der Waals surface area contributed by atoms with Crippen molar-refractivity contribution >= 4 is 35.0 Å². The Morgan fingerprint density at radius 3 is 2.73 bits per heavy atom. The molecule has 0 aliphatic rings. The number of hydrogen-bond acceptors (Lipinski definition) is 4. The molecule has 0 saturated carbocycles. The SMILES string of the molecule is Cc1cccc(-n2ccnc(SCC(=O)Nc3ccc(Cl)cc3)c2=O)c1. The molecule has 1 amide bonds. The Kier molecular flexibility index (Phi) is 5.75. The van der Waals surface area contributed by atoms with Crippen molar-refractivity contribution in [1.29, 1.82) is 0 Å². The molecule has 0 radical (unpaired) electrons. The number of nitrogens with one attached hydrogen (secondary N) is 1. The molecule has 0 aliphatic carbocycles. The smallest absolute Gasteiger partial charge is 0.287 e. The summed E-state index contributed by atoms with van der Waals surface area (Å²) in [7, 11) is 0. The van der Waals surface area contributed by atoms with E-state index in [1.165, 1.54) is 4.57 Å². The molecule has 2 aromatic carbocycles. The fraction of sp³-hybridized carbons (Fsp3) is 0.105. The van der Waals surface area contributed by atoms with Gasteiger partial charge in [-0.1, -0.05) is 35.5 Å². The molecule has 1 aromatic heterocycles. The fourth-order valence-electron chi connectivity index (χ4n) is 2.34. The molecule has 0 bridgehead atoms. The number of carbonyl (C=O) groups excluding carboxylic acids is 1. The lowest BCUT2D eigenvalue weighted by Crippen LogP contribution is -2.22. The van der Waals surface area contributed by atoms with Gasteiger partial charge in [-0.05, 0) is 48.9 Å². The second kappa shape index (κ2) is 8.21. The molecule has 3 rings (SSSR count). The molecule has 1 heterocycles. The third-order valence-corrected chi connectivity index (χ3v) is 4.77. The summed E-state index contributed by atoms with van der Waals surface area (Å²) in [5, 5.41) is 3.64. The van der Waals surface area contributed by atoms with Crippen LogP contribution in [0.1, 0.15) is 5.56 Å². The highest BCUT2D eigenvalue weighted by atomic mass is 35.5. The lowest BCUT2D eigenvalue weighted by molar-refractivity contribution is -0.113. The van der Waals surface area contributed by atoms with E-state index < -0.39 is 0 Å². The van der Waals surface area contributed by atoms with Crippen LogP contribution >= 0.6 is 23.4 Å². The number of benzene rings is 2. The zero-order valence-electron chi connectivity index (χ0n) is 14.0. The van der Waals surface area contributed by atoms with E-state index in [9.17, 15) is 9.59 Å². The normalized spacial score (nSPS) is 10.5. The van der Waals surface area contributed by atoms with Gasteiger partial charge in [-0.25, -0.2) is 4.98 Å². The van der Waals surface area contributed by atoms with E-state index in [1.807, 2.05) is 31.2 Å². The summed E-state index contributed by atoms with van der Waals surface area (Å²) in [6.45, 7) is 1.96. The predicted molar refractivity (Wildman–Crippen MR) is 105 cm³/mol. The molecule has 132 valence electrons. The van der Waals surface area contributed by atoms with Gasteiger partial charge < -0.3 is 5.32 Å². The summed E-state index contributed by atoms with van der Waals surface area (Å²) in [6.07, 6.45) is 3.18. The molecule has 3 aromatic rings. The third-order valence-electron chi connectivity index (χ3n) is 3.56. The van der Waals surface area contributed by atoms with Crippen molar-refractivity contribution in [2.75, 3.05) is 11.1 Å². The molecular weight excluding hydrogens is 370 g/mol. The van der Waals surface area contributed by atoms with Crippen LogP contribution in [0.4, 0.5) is 5.69 Å². The van der Waals surface area contributed by atoms with E-state index in [2.05, 4.69) is 10.3 Å². The van der Waals surface area contributed by atoms with Gasteiger partial charge in [-0.3, -0.25) is 14.2 Å². The van der Waals surface area contributed by atoms with E-state index in [1.54, 1.807) is 36.7 Å². The van der Waals surface area contributed by atoms with Crippen LogP contribution in [-0.2, 0) is 4.79 Å². The number of amides is 1. The largest absolute Gasteiger partial charge is 0.325 e. The Balaban J connectivity index is 1.70. The molecular formula is C19H16ClN3O2S. The van der Waals surface area contributed by atoms with Crippen LogP contribution in [-0.4, -0.2) is 21.2 Å². The predicted octanol–water partition coefficient (Wildman–Crippen LogP) is 3.93. The second-order valence-corrected chi connectivity index (χ2v) is 6.99. The van der Waals surface area contributed by atoms with Gasteiger partial charge in [0.1, 0.15) is 0 Å². The number of thioether (sulfide) groups is 1. The van der Waals surface area contributed by atoms with Crippen molar-refractivity contribution in [3.63, 3.8) is 0 Å². The number of hydrogen-bond donors (Lipinski definition) is 1. The Bertz CT molecular complexity index is 987. The Hall–Kier alpha value is -2.57. The van der Waals surface area contributed by atoms with Crippen LogP contribution in [0.25, 0.3) is 5.69 Å². The van der Waals surface area contributed by atoms with Gasteiger partial charge in [0.2, 0.25) is 5.91 Å². The molecule has 0 fully saturated rings. The second-order valence-electron chi connectivity index (χ2n) is 5.59. The maximum absolute atomic E-state index is 12.6. The van der Waals surface area contributed by atoms with Crippen LogP contribution in [0.5, 0.6) is 0 Å². The van der Waals surface area contributed by atoms with Gasteiger partial charge in [0.25, 0.3) is 5.56 Å². The topological polar surface area (TPSA) is 64.0 Å². The van der Waals surface area contributed by atoms with Gasteiger partial charge in [0, 0.05) is 28.8 Å². The Morgan fingerprint density at radius 2 is 2.00 bits per heavy atom. The quantitative estimate of drug-likeness (QED) is 0.676. The number of rotatable bonds is 5. The van der Waals surface area contributed by atoms with Crippen molar-refractivity contribution in [3.8, 4) is 5.69 Å². The minimum absolute atomic E-state index is 0.0860. The van der Waals surface area contributed by atoms with E-state index in [-0.39, 0.29) is 22.2 Å².